The van der Waals surface area contributed by atoms with E-state index in [2.05, 4.69) is 20.6 Å². The molecule has 2 heterocycles. The molecule has 94 valence electrons. The molecule has 2 aromatic heterocycles. The molecule has 2 aromatic rings. The number of nitrogens with zero attached hydrogens (tertiary/aromatic N) is 3. The van der Waals surface area contributed by atoms with E-state index in [4.69, 9.17) is 5.11 Å². The molecule has 0 atom stereocenters. The van der Waals surface area contributed by atoms with Crippen molar-refractivity contribution in [3.05, 3.63) is 35.9 Å². The predicted molar refractivity (Wildman–Crippen MR) is 59.6 cm³/mol. The molecular weight excluding hydrogens is 238 g/mol. The summed E-state index contributed by atoms with van der Waals surface area (Å²) in [4.78, 5) is 24.8. The Kier molecular flexibility index (Phi) is 3.37. The number of nitrogens with one attached hydrogen (secondary N) is 2. The van der Waals surface area contributed by atoms with Gasteiger partial charge in [-0.1, -0.05) is 5.21 Å². The third-order valence-electron chi connectivity index (χ3n) is 2.16. The van der Waals surface area contributed by atoms with E-state index in [1.54, 1.807) is 18.3 Å². The molecular formula is C10H11N5O3. The third kappa shape index (κ3) is 2.94. The fourth-order valence-corrected chi connectivity index (χ4v) is 1.37. The summed E-state index contributed by atoms with van der Waals surface area (Å²) in [6.07, 6.45) is 3.13. The number of amides is 1. The smallest absolute Gasteiger partial charge is 0.325 e. The van der Waals surface area contributed by atoms with Crippen LogP contribution < -0.4 is 5.32 Å². The molecule has 8 nitrogen and oxygen atoms in total. The lowest BCUT2D eigenvalue weighted by molar-refractivity contribution is -0.137. The van der Waals surface area contributed by atoms with Gasteiger partial charge in [0, 0.05) is 6.20 Å². The molecule has 8 heteroatoms. The van der Waals surface area contributed by atoms with Crippen molar-refractivity contribution in [2.45, 2.75) is 13.1 Å². The summed E-state index contributed by atoms with van der Waals surface area (Å²) in [6, 6.07) is 3.37. The molecule has 2 rings (SSSR count). The summed E-state index contributed by atoms with van der Waals surface area (Å²) in [7, 11) is 0. The molecule has 0 aliphatic rings. The number of carbonyl (C=O) groups excluding carboxylic acids is 1. The van der Waals surface area contributed by atoms with Gasteiger partial charge in [0.05, 0.1) is 12.7 Å². The number of carboxylic acids is 1. The molecule has 0 saturated carbocycles. The lowest BCUT2D eigenvalue weighted by atomic mass is 10.4. The lowest BCUT2D eigenvalue weighted by Gasteiger charge is -1.99. The highest BCUT2D eigenvalue weighted by atomic mass is 16.4. The van der Waals surface area contributed by atoms with Gasteiger partial charge in [-0.3, -0.25) is 9.59 Å². The molecule has 1 amide bonds. The maximum absolute atomic E-state index is 11.6. The highest BCUT2D eigenvalue weighted by Gasteiger charge is 2.08. The van der Waals surface area contributed by atoms with Crippen LogP contribution >= 0.6 is 0 Å². The molecule has 0 aliphatic heterocycles. The maximum Gasteiger partial charge on any atom is 0.325 e. The molecule has 0 saturated heterocycles. The minimum atomic E-state index is -0.998. The Balaban J connectivity index is 1.88. The van der Waals surface area contributed by atoms with Crippen molar-refractivity contribution < 1.29 is 14.7 Å². The van der Waals surface area contributed by atoms with Gasteiger partial charge in [0.1, 0.15) is 17.9 Å². The van der Waals surface area contributed by atoms with Crippen LogP contribution in [0.15, 0.2) is 24.5 Å². The Labute approximate surface area is 102 Å². The first-order valence-corrected chi connectivity index (χ1v) is 5.17. The normalized spacial score (nSPS) is 10.2. The van der Waals surface area contributed by atoms with Crippen LogP contribution in [0.2, 0.25) is 0 Å². The number of hydrogen-bond donors (Lipinski definition) is 3. The van der Waals surface area contributed by atoms with Gasteiger partial charge in [-0.15, -0.1) is 5.10 Å². The van der Waals surface area contributed by atoms with Crippen LogP contribution in [0.1, 0.15) is 16.2 Å². The summed E-state index contributed by atoms with van der Waals surface area (Å²) in [5, 5.41) is 18.6. The van der Waals surface area contributed by atoms with E-state index in [0.717, 1.165) is 0 Å². The van der Waals surface area contributed by atoms with Gasteiger partial charge in [0.2, 0.25) is 0 Å². The number of carbonyl (C=O) groups is 2. The van der Waals surface area contributed by atoms with E-state index >= 15 is 0 Å². The highest BCUT2D eigenvalue weighted by Crippen LogP contribution is 1.96. The number of aliphatic carboxylic acids is 1. The van der Waals surface area contributed by atoms with Crippen LogP contribution in [0, 0.1) is 0 Å². The Morgan fingerprint density at radius 1 is 1.50 bits per heavy atom. The molecule has 0 aromatic carbocycles. The fourth-order valence-electron chi connectivity index (χ4n) is 1.37. The second-order valence-electron chi connectivity index (χ2n) is 3.57. The zero-order chi connectivity index (χ0) is 13.0. The van der Waals surface area contributed by atoms with Crippen molar-refractivity contribution in [2.75, 3.05) is 0 Å². The van der Waals surface area contributed by atoms with Gasteiger partial charge in [0.15, 0.2) is 0 Å². The summed E-state index contributed by atoms with van der Waals surface area (Å²) < 4.78 is 1.19. The molecule has 18 heavy (non-hydrogen) atoms. The van der Waals surface area contributed by atoms with E-state index in [0.29, 0.717) is 11.4 Å². The predicted octanol–water partition coefficient (Wildman–Crippen LogP) is -0.379. The van der Waals surface area contributed by atoms with E-state index in [1.807, 2.05) is 0 Å². The largest absolute Gasteiger partial charge is 0.480 e. The van der Waals surface area contributed by atoms with Crippen LogP contribution in [0.25, 0.3) is 0 Å². The van der Waals surface area contributed by atoms with E-state index in [1.165, 1.54) is 10.9 Å². The minimum Gasteiger partial charge on any atom is -0.480 e. The Hall–Kier alpha value is -2.64. The average Bonchev–Trinajstić information content (AvgIpc) is 2.95. The van der Waals surface area contributed by atoms with Crippen LogP contribution in [0.3, 0.4) is 0 Å². The van der Waals surface area contributed by atoms with Gasteiger partial charge < -0.3 is 15.4 Å². The zero-order valence-corrected chi connectivity index (χ0v) is 9.33. The van der Waals surface area contributed by atoms with Crippen molar-refractivity contribution in [1.82, 2.24) is 25.3 Å². The second kappa shape index (κ2) is 5.13. The molecule has 0 radical (unpaired) electrons. The number of H-pyrrole nitrogens is 1. The number of rotatable bonds is 5. The van der Waals surface area contributed by atoms with Crippen molar-refractivity contribution in [2.24, 2.45) is 0 Å². The molecule has 0 aliphatic carbocycles. The molecule has 3 N–H and O–H groups in total. The first-order chi connectivity index (χ1) is 8.65. The first kappa shape index (κ1) is 11.8. The van der Waals surface area contributed by atoms with Crippen LogP contribution in [-0.4, -0.2) is 37.0 Å². The Morgan fingerprint density at radius 2 is 2.33 bits per heavy atom. The SMILES string of the molecule is O=C(O)Cn1cc(CNC(=O)c2ccc[nH]2)nn1. The van der Waals surface area contributed by atoms with Crippen molar-refractivity contribution >= 4 is 11.9 Å². The van der Waals surface area contributed by atoms with Gasteiger partial charge in [0.25, 0.3) is 5.91 Å². The van der Waals surface area contributed by atoms with E-state index in [-0.39, 0.29) is 19.0 Å². The third-order valence-corrected chi connectivity index (χ3v) is 2.16. The molecule has 0 unspecified atom stereocenters. The topological polar surface area (TPSA) is 113 Å². The summed E-state index contributed by atoms with van der Waals surface area (Å²) in [6.45, 7) is -0.0605. The monoisotopic (exact) mass is 249 g/mol. The second-order valence-corrected chi connectivity index (χ2v) is 3.57. The number of aromatic amines is 1. The first-order valence-electron chi connectivity index (χ1n) is 5.17. The van der Waals surface area contributed by atoms with Crippen molar-refractivity contribution in [1.29, 1.82) is 0 Å². The van der Waals surface area contributed by atoms with E-state index in [9.17, 15) is 9.59 Å². The Bertz CT molecular complexity index is 546. The molecule has 0 fully saturated rings. The average molecular weight is 249 g/mol. The number of aromatic nitrogens is 4. The minimum absolute atomic E-state index is 0.192. The van der Waals surface area contributed by atoms with Crippen LogP contribution in [0.5, 0.6) is 0 Å². The lowest BCUT2D eigenvalue weighted by Crippen LogP contribution is -2.23. The van der Waals surface area contributed by atoms with E-state index < -0.39 is 5.97 Å². The van der Waals surface area contributed by atoms with Crippen molar-refractivity contribution in [3.8, 4) is 0 Å². The van der Waals surface area contributed by atoms with Gasteiger partial charge in [-0.05, 0) is 12.1 Å². The maximum atomic E-state index is 11.6. The van der Waals surface area contributed by atoms with Crippen molar-refractivity contribution in [3.63, 3.8) is 0 Å². The van der Waals surface area contributed by atoms with Gasteiger partial charge >= 0.3 is 5.97 Å². The van der Waals surface area contributed by atoms with Crippen LogP contribution in [-0.2, 0) is 17.9 Å². The standard InChI is InChI=1S/C10H11N5O3/c16-9(17)6-15-5-7(13-14-15)4-12-10(18)8-2-1-3-11-8/h1-3,5,11H,4,6H2,(H,12,18)(H,16,17). The van der Waals surface area contributed by atoms with Crippen LogP contribution in [0.4, 0.5) is 0 Å². The number of carboxylic acid groups (broad SMARTS) is 1. The Morgan fingerprint density at radius 3 is 3.00 bits per heavy atom. The highest BCUT2D eigenvalue weighted by molar-refractivity contribution is 5.92. The summed E-state index contributed by atoms with van der Waals surface area (Å²) in [5.74, 6) is -1.25. The summed E-state index contributed by atoms with van der Waals surface area (Å²) in [5.41, 5.74) is 0.948. The van der Waals surface area contributed by atoms with Gasteiger partial charge in [-0.2, -0.15) is 0 Å². The molecule has 0 spiro atoms. The summed E-state index contributed by atoms with van der Waals surface area (Å²) >= 11 is 0. The van der Waals surface area contributed by atoms with Gasteiger partial charge in [-0.25, -0.2) is 4.68 Å². The number of hydrogen-bond acceptors (Lipinski definition) is 4. The quantitative estimate of drug-likeness (QED) is 0.668. The zero-order valence-electron chi connectivity index (χ0n) is 9.33. The molecule has 0 bridgehead atoms. The fraction of sp³-hybridized carbons (Fsp3) is 0.200.